The fraction of sp³-hybridized carbons (Fsp3) is 0.741. The molecule has 1 aromatic carbocycles. The molecular weight excluding hydrogens is 739 g/mol. The van der Waals surface area contributed by atoms with Crippen LogP contribution >= 0.6 is 0 Å². The number of carbonyl (C=O) groups excluding carboxylic acids is 2. The van der Waals surface area contributed by atoms with Crippen LogP contribution in [-0.4, -0.2) is 42.1 Å². The SMILES string of the molecule is CC.CC.CC(C)C.CC(C)C(=O)C1COC1.CCC=Nc1cc(-c2ccc3c(c2)N(C2CC(CCC)C2)C(=O)C3(CCC)CCC)nc(C)c1C.CCCC(C)(C)CC. The van der Waals surface area contributed by atoms with E-state index in [2.05, 4.69) is 124 Å². The molecule has 1 saturated carbocycles. The summed E-state index contributed by atoms with van der Waals surface area (Å²) in [6.07, 6.45) is 15.5. The summed E-state index contributed by atoms with van der Waals surface area (Å²) in [5.74, 6) is 2.68. The molecule has 1 amide bonds. The van der Waals surface area contributed by atoms with Crippen LogP contribution in [0.5, 0.6) is 0 Å². The number of ether oxygens (including phenoxy) is 1. The number of carbonyl (C=O) groups is 2. The molecular formula is C54H95N3O3. The average molecular weight is 834 g/mol. The molecule has 0 radical (unpaired) electrons. The number of aryl methyl sites for hydroxylation is 1. The number of Topliss-reactive ketones (excluding diaryl/α,β-unsaturated/α-hetero) is 1. The van der Waals surface area contributed by atoms with Gasteiger partial charge in [0.05, 0.1) is 35.9 Å². The average Bonchev–Trinajstić information content (AvgIpc) is 3.40. The number of aromatic nitrogens is 1. The fourth-order valence-corrected chi connectivity index (χ4v) is 8.05. The molecule has 344 valence electrons. The number of benzene rings is 1. The summed E-state index contributed by atoms with van der Waals surface area (Å²) >= 11 is 0. The molecule has 2 aromatic rings. The zero-order valence-electron chi connectivity index (χ0n) is 42.7. The maximum atomic E-state index is 14.2. The Morgan fingerprint density at radius 1 is 0.900 bits per heavy atom. The van der Waals surface area contributed by atoms with Gasteiger partial charge in [0, 0.05) is 35.1 Å². The van der Waals surface area contributed by atoms with Crippen molar-refractivity contribution < 1.29 is 14.3 Å². The van der Waals surface area contributed by atoms with Crippen molar-refractivity contribution in [2.24, 2.45) is 34.1 Å². The molecule has 2 aliphatic heterocycles. The van der Waals surface area contributed by atoms with Crippen LogP contribution in [0.4, 0.5) is 11.4 Å². The summed E-state index contributed by atoms with van der Waals surface area (Å²) in [6, 6.07) is 9.10. The van der Waals surface area contributed by atoms with Crippen LogP contribution in [0.15, 0.2) is 29.3 Å². The van der Waals surface area contributed by atoms with Crippen LogP contribution in [0, 0.1) is 42.9 Å². The Hall–Kier alpha value is -2.86. The Labute approximate surface area is 372 Å². The topological polar surface area (TPSA) is 71.9 Å². The number of aliphatic imine (C=N–C) groups is 1. The third-order valence-corrected chi connectivity index (χ3v) is 11.7. The highest BCUT2D eigenvalue weighted by Gasteiger charge is 2.53. The van der Waals surface area contributed by atoms with Crippen LogP contribution in [0.25, 0.3) is 11.3 Å². The second kappa shape index (κ2) is 29.4. The van der Waals surface area contributed by atoms with Crippen molar-refractivity contribution in [3.8, 4) is 11.3 Å². The minimum atomic E-state index is -0.375. The molecule has 0 spiro atoms. The Balaban J connectivity index is 0.00000113. The number of hydrogen-bond donors (Lipinski definition) is 0. The van der Waals surface area contributed by atoms with Gasteiger partial charge < -0.3 is 9.64 Å². The summed E-state index contributed by atoms with van der Waals surface area (Å²) < 4.78 is 4.89. The van der Waals surface area contributed by atoms with Gasteiger partial charge in [-0.25, -0.2) is 0 Å². The van der Waals surface area contributed by atoms with Gasteiger partial charge in [-0.15, -0.1) is 0 Å². The van der Waals surface area contributed by atoms with Gasteiger partial charge in [0.15, 0.2) is 0 Å². The summed E-state index contributed by atoms with van der Waals surface area (Å²) in [6.45, 7) is 41.8. The molecule has 1 aromatic heterocycles. The lowest BCUT2D eigenvalue weighted by Crippen LogP contribution is -2.50. The molecule has 2 fully saturated rings. The predicted octanol–water partition coefficient (Wildman–Crippen LogP) is 16.0. The van der Waals surface area contributed by atoms with E-state index in [1.165, 1.54) is 37.7 Å². The van der Waals surface area contributed by atoms with Gasteiger partial charge in [-0.2, -0.15) is 0 Å². The van der Waals surface area contributed by atoms with Gasteiger partial charge in [0.25, 0.3) is 0 Å². The van der Waals surface area contributed by atoms with E-state index in [9.17, 15) is 9.59 Å². The van der Waals surface area contributed by atoms with Crippen molar-refractivity contribution in [3.63, 3.8) is 0 Å². The predicted molar refractivity (Wildman–Crippen MR) is 264 cm³/mol. The monoisotopic (exact) mass is 834 g/mol. The van der Waals surface area contributed by atoms with Gasteiger partial charge in [0.1, 0.15) is 5.78 Å². The molecule has 1 saturated heterocycles. The highest BCUT2D eigenvalue weighted by molar-refractivity contribution is 6.09. The lowest BCUT2D eigenvalue weighted by Gasteiger charge is -2.42. The lowest BCUT2D eigenvalue weighted by atomic mass is 9.73. The highest BCUT2D eigenvalue weighted by Crippen LogP contribution is 2.52. The van der Waals surface area contributed by atoms with Crippen LogP contribution in [-0.2, 0) is 19.7 Å². The molecule has 5 rings (SSSR count). The molecule has 1 aliphatic carbocycles. The summed E-state index contributed by atoms with van der Waals surface area (Å²) in [5.41, 5.74) is 7.71. The number of nitrogens with zero attached hydrogens (tertiary/aromatic N) is 3. The van der Waals surface area contributed by atoms with Crippen molar-refractivity contribution in [2.45, 2.75) is 220 Å². The van der Waals surface area contributed by atoms with E-state index < -0.39 is 0 Å². The van der Waals surface area contributed by atoms with E-state index in [-0.39, 0.29) is 17.3 Å². The number of anilines is 1. The van der Waals surface area contributed by atoms with Crippen molar-refractivity contribution >= 4 is 29.3 Å². The molecule has 0 N–H and O–H groups in total. The van der Waals surface area contributed by atoms with Crippen LogP contribution in [0.1, 0.15) is 212 Å². The molecule has 0 bridgehead atoms. The van der Waals surface area contributed by atoms with Crippen molar-refractivity contribution in [2.75, 3.05) is 18.1 Å². The lowest BCUT2D eigenvalue weighted by molar-refractivity contribution is -0.139. The van der Waals surface area contributed by atoms with Gasteiger partial charge >= 0.3 is 0 Å². The normalized spacial score (nSPS) is 17.6. The first-order valence-electron chi connectivity index (χ1n) is 24.6. The van der Waals surface area contributed by atoms with E-state index in [4.69, 9.17) is 9.72 Å². The van der Waals surface area contributed by atoms with E-state index in [1.54, 1.807) is 0 Å². The smallest absolute Gasteiger partial charge is 0.237 e. The fourth-order valence-electron chi connectivity index (χ4n) is 8.05. The quantitative estimate of drug-likeness (QED) is 0.168. The Morgan fingerprint density at radius 3 is 1.87 bits per heavy atom. The Bertz CT molecular complexity index is 1520. The summed E-state index contributed by atoms with van der Waals surface area (Å²) in [5, 5.41) is 0. The van der Waals surface area contributed by atoms with Crippen LogP contribution in [0.3, 0.4) is 0 Å². The number of rotatable bonds is 15. The molecule has 3 heterocycles. The third-order valence-electron chi connectivity index (χ3n) is 11.7. The molecule has 6 nitrogen and oxygen atoms in total. The van der Waals surface area contributed by atoms with Crippen LogP contribution < -0.4 is 4.90 Å². The van der Waals surface area contributed by atoms with Crippen molar-refractivity contribution in [3.05, 3.63) is 41.1 Å². The minimum absolute atomic E-state index is 0.180. The largest absolute Gasteiger partial charge is 0.380 e. The van der Waals surface area contributed by atoms with Crippen LogP contribution in [0.2, 0.25) is 0 Å². The number of ketones is 1. The zero-order valence-corrected chi connectivity index (χ0v) is 42.7. The second-order valence-electron chi connectivity index (χ2n) is 18.5. The number of pyridine rings is 1. The molecule has 6 heteroatoms. The van der Waals surface area contributed by atoms with Crippen molar-refractivity contribution in [1.29, 1.82) is 0 Å². The molecule has 3 aliphatic rings. The number of fused-ring (bicyclic) bond motifs is 1. The van der Waals surface area contributed by atoms with E-state index in [0.29, 0.717) is 36.4 Å². The molecule has 0 atom stereocenters. The van der Waals surface area contributed by atoms with E-state index in [1.807, 2.05) is 47.8 Å². The number of amides is 1. The summed E-state index contributed by atoms with van der Waals surface area (Å²) in [7, 11) is 0. The van der Waals surface area contributed by atoms with E-state index in [0.717, 1.165) is 90.7 Å². The number of hydrogen-bond acceptors (Lipinski definition) is 5. The first kappa shape index (κ1) is 57.1. The van der Waals surface area contributed by atoms with Gasteiger partial charge in [-0.1, -0.05) is 168 Å². The van der Waals surface area contributed by atoms with Gasteiger partial charge in [0.2, 0.25) is 5.91 Å². The van der Waals surface area contributed by atoms with Gasteiger partial charge in [-0.05, 0) is 92.9 Å². The second-order valence-corrected chi connectivity index (χ2v) is 18.5. The third kappa shape index (κ3) is 16.8. The maximum Gasteiger partial charge on any atom is 0.237 e. The highest BCUT2D eigenvalue weighted by atomic mass is 16.5. The minimum Gasteiger partial charge on any atom is -0.380 e. The molecule has 0 unspecified atom stereocenters. The Kier molecular flexibility index (Phi) is 28.0. The zero-order chi connectivity index (χ0) is 46.2. The van der Waals surface area contributed by atoms with Gasteiger partial charge in [-0.3, -0.25) is 19.6 Å². The standard InChI is InChI=1S/C31H43N3O.C8H18.C7H12O2.C4H10.2C2H6/c1-7-11-23-17-25(18-23)34-29-19-24(28-20-27(32-16-10-4)21(5)22(6)33-28)12-13-26(29)31(14-8-2,15-9-3)30(34)35;1-5-7-8(3,4)6-2;1-5(2)7(8)6-3-9-4-6;1-4(2)3;2*1-2/h12-13,16,19-20,23,25H,7-11,14-15,17-18H2,1-6H3;5-7H2,1-4H3;5-6H,3-4H2,1-2H3;4H,1-3H3;2*1-2H3. The summed E-state index contributed by atoms with van der Waals surface area (Å²) in [4.78, 5) is 37.0. The Morgan fingerprint density at radius 2 is 1.47 bits per heavy atom. The first-order valence-corrected chi connectivity index (χ1v) is 24.6. The molecule has 60 heavy (non-hydrogen) atoms. The first-order chi connectivity index (χ1) is 28.5. The van der Waals surface area contributed by atoms with E-state index >= 15 is 0 Å². The maximum absolute atomic E-state index is 14.2. The van der Waals surface area contributed by atoms with Crippen molar-refractivity contribution in [1.82, 2.24) is 4.98 Å².